The molecule has 4 rings (SSSR count). The lowest BCUT2D eigenvalue weighted by Gasteiger charge is -2.34. The van der Waals surface area contributed by atoms with Crippen LogP contribution in [-0.2, 0) is 6.54 Å². The molecule has 136 valence electrons. The van der Waals surface area contributed by atoms with Crippen molar-refractivity contribution in [2.45, 2.75) is 26.8 Å². The number of thiophene rings is 1. The molecule has 2 unspecified atom stereocenters. The van der Waals surface area contributed by atoms with Crippen molar-refractivity contribution in [2.24, 2.45) is 11.8 Å². The number of likely N-dealkylation sites (tertiary alicyclic amines) is 1. The summed E-state index contributed by atoms with van der Waals surface area (Å²) in [5.41, 5.74) is 1.52. The Hall–Kier alpha value is -2.05. The molecule has 0 amide bonds. The first kappa shape index (κ1) is 17.4. The molecule has 1 N–H and O–H groups in total. The van der Waals surface area contributed by atoms with Gasteiger partial charge in [-0.05, 0) is 42.0 Å². The van der Waals surface area contributed by atoms with Crippen LogP contribution >= 0.6 is 11.3 Å². The van der Waals surface area contributed by atoms with Gasteiger partial charge in [-0.3, -0.25) is 9.69 Å². The van der Waals surface area contributed by atoms with Crippen molar-refractivity contribution >= 4 is 21.6 Å². The summed E-state index contributed by atoms with van der Waals surface area (Å²) in [7, 11) is 0. The van der Waals surface area contributed by atoms with Crippen molar-refractivity contribution in [3.63, 3.8) is 0 Å². The molecule has 2 atom stereocenters. The van der Waals surface area contributed by atoms with Crippen LogP contribution in [0.25, 0.3) is 20.7 Å². The fourth-order valence-electron chi connectivity index (χ4n) is 3.95. The van der Waals surface area contributed by atoms with Crippen molar-refractivity contribution in [2.75, 3.05) is 13.1 Å². The Bertz CT molecular complexity index is 969. The molecule has 1 fully saturated rings. The number of aromatic amines is 1. The van der Waals surface area contributed by atoms with Crippen LogP contribution in [-0.4, -0.2) is 28.0 Å². The number of hydrogen-bond donors (Lipinski definition) is 1. The average molecular weight is 371 g/mol. The standard InChI is InChI=1S/C20H22FN3OS/c1-12-7-13(2)10-24(9-12)11-18-22-16-8-17(26-19(16)20(25)23-18)14-3-5-15(21)6-4-14/h3-6,8,12-13H,7,9-11H2,1-2H3,(H,22,23,25). The lowest BCUT2D eigenvalue weighted by Crippen LogP contribution is -2.38. The van der Waals surface area contributed by atoms with Crippen LogP contribution in [0.5, 0.6) is 0 Å². The molecule has 1 aliphatic rings. The number of benzene rings is 1. The number of H-pyrrole nitrogens is 1. The number of fused-ring (bicyclic) bond motifs is 1. The summed E-state index contributed by atoms with van der Waals surface area (Å²) in [6.45, 7) is 7.29. The Morgan fingerprint density at radius 2 is 1.92 bits per heavy atom. The van der Waals surface area contributed by atoms with Crippen LogP contribution in [0.2, 0.25) is 0 Å². The number of piperidine rings is 1. The molecule has 4 nitrogen and oxygen atoms in total. The topological polar surface area (TPSA) is 49.0 Å². The summed E-state index contributed by atoms with van der Waals surface area (Å²) in [6, 6.07) is 8.24. The molecular formula is C20H22FN3OS. The van der Waals surface area contributed by atoms with Gasteiger partial charge in [0.05, 0.1) is 12.1 Å². The van der Waals surface area contributed by atoms with E-state index in [0.29, 0.717) is 34.4 Å². The summed E-state index contributed by atoms with van der Waals surface area (Å²) in [5.74, 6) is 1.78. The Labute approximate surface area is 155 Å². The van der Waals surface area contributed by atoms with E-state index in [0.717, 1.165) is 23.5 Å². The maximum atomic E-state index is 13.1. The van der Waals surface area contributed by atoms with E-state index < -0.39 is 0 Å². The second-order valence-electron chi connectivity index (χ2n) is 7.48. The molecule has 0 saturated carbocycles. The minimum atomic E-state index is -0.266. The third kappa shape index (κ3) is 3.57. The van der Waals surface area contributed by atoms with Gasteiger partial charge in [0.1, 0.15) is 16.3 Å². The third-order valence-electron chi connectivity index (χ3n) is 4.88. The molecule has 0 aliphatic carbocycles. The highest BCUT2D eigenvalue weighted by Crippen LogP contribution is 2.31. The molecule has 1 saturated heterocycles. The Kier molecular flexibility index (Phi) is 4.63. The molecule has 2 aromatic heterocycles. The van der Waals surface area contributed by atoms with Gasteiger partial charge in [0.25, 0.3) is 5.56 Å². The van der Waals surface area contributed by atoms with E-state index in [-0.39, 0.29) is 11.4 Å². The Morgan fingerprint density at radius 3 is 2.62 bits per heavy atom. The van der Waals surface area contributed by atoms with E-state index in [1.54, 1.807) is 12.1 Å². The zero-order valence-corrected chi connectivity index (χ0v) is 15.8. The van der Waals surface area contributed by atoms with Crippen molar-refractivity contribution in [3.8, 4) is 10.4 Å². The Morgan fingerprint density at radius 1 is 1.23 bits per heavy atom. The van der Waals surface area contributed by atoms with Crippen LogP contribution in [0.1, 0.15) is 26.1 Å². The highest BCUT2D eigenvalue weighted by atomic mass is 32.1. The summed E-state index contributed by atoms with van der Waals surface area (Å²) in [6.07, 6.45) is 1.26. The van der Waals surface area contributed by atoms with Gasteiger partial charge in [0, 0.05) is 18.0 Å². The predicted molar refractivity (Wildman–Crippen MR) is 104 cm³/mol. The SMILES string of the molecule is CC1CC(C)CN(Cc2nc3cc(-c4ccc(F)cc4)sc3c(=O)[nH]2)C1. The van der Waals surface area contributed by atoms with Crippen molar-refractivity contribution < 1.29 is 4.39 Å². The van der Waals surface area contributed by atoms with E-state index in [4.69, 9.17) is 0 Å². The van der Waals surface area contributed by atoms with Crippen LogP contribution in [0.4, 0.5) is 4.39 Å². The van der Waals surface area contributed by atoms with E-state index in [1.807, 2.05) is 6.07 Å². The summed E-state index contributed by atoms with van der Waals surface area (Å²) in [4.78, 5) is 23.4. The molecule has 3 heterocycles. The summed E-state index contributed by atoms with van der Waals surface area (Å²) in [5, 5.41) is 0. The maximum absolute atomic E-state index is 13.1. The lowest BCUT2D eigenvalue weighted by atomic mass is 9.92. The number of hydrogen-bond acceptors (Lipinski definition) is 4. The number of nitrogens with zero attached hydrogens (tertiary/aromatic N) is 2. The summed E-state index contributed by atoms with van der Waals surface area (Å²) >= 11 is 1.40. The van der Waals surface area contributed by atoms with E-state index in [2.05, 4.69) is 28.7 Å². The molecule has 1 aromatic carbocycles. The van der Waals surface area contributed by atoms with Crippen molar-refractivity contribution in [1.29, 1.82) is 0 Å². The minimum Gasteiger partial charge on any atom is -0.308 e. The summed E-state index contributed by atoms with van der Waals surface area (Å²) < 4.78 is 13.8. The zero-order valence-electron chi connectivity index (χ0n) is 15.0. The Balaban J connectivity index is 1.64. The van der Waals surface area contributed by atoms with Gasteiger partial charge in [-0.15, -0.1) is 11.3 Å². The van der Waals surface area contributed by atoms with E-state index >= 15 is 0 Å². The first-order valence-corrected chi connectivity index (χ1v) is 9.80. The zero-order chi connectivity index (χ0) is 18.3. The fourth-order valence-corrected chi connectivity index (χ4v) is 4.95. The number of nitrogens with one attached hydrogen (secondary N) is 1. The fraction of sp³-hybridized carbons (Fsp3) is 0.400. The van der Waals surface area contributed by atoms with Gasteiger partial charge in [0.15, 0.2) is 0 Å². The van der Waals surface area contributed by atoms with Crippen LogP contribution < -0.4 is 5.56 Å². The first-order valence-electron chi connectivity index (χ1n) is 8.99. The number of aromatic nitrogens is 2. The second kappa shape index (κ2) is 6.93. The smallest absolute Gasteiger partial charge is 0.268 e. The largest absolute Gasteiger partial charge is 0.308 e. The molecule has 6 heteroatoms. The van der Waals surface area contributed by atoms with Gasteiger partial charge in [-0.2, -0.15) is 0 Å². The number of rotatable bonds is 3. The molecule has 0 radical (unpaired) electrons. The molecule has 0 spiro atoms. The highest BCUT2D eigenvalue weighted by Gasteiger charge is 2.22. The highest BCUT2D eigenvalue weighted by molar-refractivity contribution is 7.22. The maximum Gasteiger partial charge on any atom is 0.268 e. The number of halogens is 1. The van der Waals surface area contributed by atoms with Gasteiger partial charge in [0.2, 0.25) is 0 Å². The second-order valence-corrected chi connectivity index (χ2v) is 8.54. The molecule has 26 heavy (non-hydrogen) atoms. The van der Waals surface area contributed by atoms with Gasteiger partial charge >= 0.3 is 0 Å². The van der Waals surface area contributed by atoms with E-state index in [1.165, 1.54) is 29.9 Å². The lowest BCUT2D eigenvalue weighted by molar-refractivity contribution is 0.131. The quantitative estimate of drug-likeness (QED) is 0.748. The molecule has 1 aliphatic heterocycles. The van der Waals surface area contributed by atoms with Crippen molar-refractivity contribution in [1.82, 2.24) is 14.9 Å². The molecular weight excluding hydrogens is 349 g/mol. The third-order valence-corrected chi connectivity index (χ3v) is 6.05. The minimum absolute atomic E-state index is 0.0959. The average Bonchev–Trinajstić information content (AvgIpc) is 2.99. The molecule has 3 aromatic rings. The van der Waals surface area contributed by atoms with Gasteiger partial charge < -0.3 is 4.98 Å². The predicted octanol–water partition coefficient (Wildman–Crippen LogP) is 4.27. The van der Waals surface area contributed by atoms with Gasteiger partial charge in [-0.1, -0.05) is 26.0 Å². The molecule has 0 bridgehead atoms. The monoisotopic (exact) mass is 371 g/mol. The first-order chi connectivity index (χ1) is 12.5. The van der Waals surface area contributed by atoms with E-state index in [9.17, 15) is 9.18 Å². The normalized spacial score (nSPS) is 21.3. The van der Waals surface area contributed by atoms with Crippen LogP contribution in [0.15, 0.2) is 35.1 Å². The van der Waals surface area contributed by atoms with Crippen LogP contribution in [0.3, 0.4) is 0 Å². The van der Waals surface area contributed by atoms with Gasteiger partial charge in [-0.25, -0.2) is 9.37 Å². The van der Waals surface area contributed by atoms with Crippen molar-refractivity contribution in [3.05, 3.63) is 52.3 Å². The van der Waals surface area contributed by atoms with Crippen LogP contribution in [0, 0.1) is 17.7 Å².